The zero-order valence-corrected chi connectivity index (χ0v) is 13.7. The van der Waals surface area contributed by atoms with Crippen LogP contribution in [-0.2, 0) is 13.1 Å². The predicted octanol–water partition coefficient (Wildman–Crippen LogP) is 3.05. The van der Waals surface area contributed by atoms with E-state index in [1.165, 1.54) is 0 Å². The number of imidazole rings is 1. The van der Waals surface area contributed by atoms with Crippen molar-refractivity contribution in [1.82, 2.24) is 19.3 Å². The minimum Gasteiger partial charge on any atom is -0.291 e. The third-order valence-corrected chi connectivity index (χ3v) is 3.91. The maximum Gasteiger partial charge on any atom is 0.269 e. The topological polar surface area (TPSA) is 76.6 Å². The number of nitro groups is 1. The number of nitrogens with zero attached hydrogens (tertiary/aromatic N) is 5. The van der Waals surface area contributed by atoms with Crippen LogP contribution in [0.15, 0.2) is 48.9 Å². The molecule has 0 saturated heterocycles. The molecular formula is C17H19N5O2. The Balaban J connectivity index is 1.75. The summed E-state index contributed by atoms with van der Waals surface area (Å²) in [6.07, 6.45) is 5.63. The van der Waals surface area contributed by atoms with Crippen LogP contribution in [0.25, 0.3) is 5.78 Å². The number of hydrogen-bond acceptors (Lipinski definition) is 5. The number of aromatic nitrogens is 3. The first kappa shape index (κ1) is 16.1. The van der Waals surface area contributed by atoms with E-state index in [1.807, 2.05) is 22.9 Å². The summed E-state index contributed by atoms with van der Waals surface area (Å²) < 4.78 is 1.90. The molecule has 0 atom stereocenters. The number of nitro benzene ring substituents is 1. The molecule has 7 heteroatoms. The van der Waals surface area contributed by atoms with Gasteiger partial charge in [-0.25, -0.2) is 9.97 Å². The van der Waals surface area contributed by atoms with E-state index in [0.717, 1.165) is 11.3 Å². The van der Waals surface area contributed by atoms with E-state index in [1.54, 1.807) is 30.5 Å². The van der Waals surface area contributed by atoms with Gasteiger partial charge in [-0.05, 0) is 25.5 Å². The highest BCUT2D eigenvalue weighted by molar-refractivity contribution is 5.33. The number of non-ortho nitro benzene ring substituents is 1. The van der Waals surface area contributed by atoms with Gasteiger partial charge in [0.1, 0.15) is 0 Å². The second-order valence-electron chi connectivity index (χ2n) is 5.98. The molecule has 0 aliphatic heterocycles. The molecule has 0 spiro atoms. The first-order chi connectivity index (χ1) is 11.5. The van der Waals surface area contributed by atoms with Crippen molar-refractivity contribution in [3.63, 3.8) is 0 Å². The molecule has 0 fully saturated rings. The summed E-state index contributed by atoms with van der Waals surface area (Å²) in [5.74, 6) is 0.687. The van der Waals surface area contributed by atoms with Gasteiger partial charge >= 0.3 is 0 Å². The Bertz CT molecular complexity index is 809. The Morgan fingerprint density at radius 2 is 2.00 bits per heavy atom. The lowest BCUT2D eigenvalue weighted by molar-refractivity contribution is -0.384. The molecule has 1 aromatic carbocycles. The van der Waals surface area contributed by atoms with Crippen molar-refractivity contribution in [1.29, 1.82) is 0 Å². The lowest BCUT2D eigenvalue weighted by Gasteiger charge is -2.25. The second kappa shape index (κ2) is 6.76. The van der Waals surface area contributed by atoms with Crippen molar-refractivity contribution in [2.75, 3.05) is 0 Å². The third-order valence-electron chi connectivity index (χ3n) is 3.91. The molecule has 7 nitrogen and oxygen atoms in total. The predicted molar refractivity (Wildman–Crippen MR) is 90.5 cm³/mol. The summed E-state index contributed by atoms with van der Waals surface area (Å²) in [7, 11) is 0. The Hall–Kier alpha value is -2.80. The molecule has 0 saturated carbocycles. The van der Waals surface area contributed by atoms with Gasteiger partial charge in [0.25, 0.3) is 5.69 Å². The summed E-state index contributed by atoms with van der Waals surface area (Å²) >= 11 is 0. The van der Waals surface area contributed by atoms with Crippen LogP contribution in [0.1, 0.15) is 25.1 Å². The summed E-state index contributed by atoms with van der Waals surface area (Å²) in [5, 5.41) is 10.7. The minimum absolute atomic E-state index is 0.112. The zero-order valence-electron chi connectivity index (χ0n) is 13.7. The van der Waals surface area contributed by atoms with Crippen molar-refractivity contribution < 1.29 is 4.92 Å². The maximum absolute atomic E-state index is 10.7. The van der Waals surface area contributed by atoms with E-state index >= 15 is 0 Å². The minimum atomic E-state index is -0.381. The van der Waals surface area contributed by atoms with Crippen molar-refractivity contribution >= 4 is 11.5 Å². The Morgan fingerprint density at radius 3 is 2.62 bits per heavy atom. The smallest absolute Gasteiger partial charge is 0.269 e. The normalized spacial score (nSPS) is 11.5. The molecule has 3 aromatic rings. The van der Waals surface area contributed by atoms with E-state index in [-0.39, 0.29) is 10.6 Å². The van der Waals surface area contributed by atoms with Gasteiger partial charge in [0.2, 0.25) is 5.78 Å². The highest BCUT2D eigenvalue weighted by Gasteiger charge is 2.14. The van der Waals surface area contributed by atoms with Crippen LogP contribution >= 0.6 is 0 Å². The van der Waals surface area contributed by atoms with E-state index in [2.05, 4.69) is 28.7 Å². The van der Waals surface area contributed by atoms with Gasteiger partial charge in [-0.1, -0.05) is 12.1 Å². The fraction of sp³-hybridized carbons (Fsp3) is 0.294. The van der Waals surface area contributed by atoms with Crippen LogP contribution in [0.3, 0.4) is 0 Å². The first-order valence-electron chi connectivity index (χ1n) is 7.79. The number of fused-ring (bicyclic) bond motifs is 1. The van der Waals surface area contributed by atoms with Gasteiger partial charge in [-0.2, -0.15) is 0 Å². The highest BCUT2D eigenvalue weighted by Crippen LogP contribution is 2.16. The first-order valence-corrected chi connectivity index (χ1v) is 7.79. The van der Waals surface area contributed by atoms with Gasteiger partial charge in [-0.15, -0.1) is 0 Å². The molecule has 3 rings (SSSR count). The average Bonchev–Trinajstić information content (AvgIpc) is 2.97. The molecule has 0 unspecified atom stereocenters. The number of rotatable bonds is 6. The molecule has 2 aromatic heterocycles. The summed E-state index contributed by atoms with van der Waals surface area (Å²) in [5.41, 5.74) is 2.10. The van der Waals surface area contributed by atoms with E-state index in [0.29, 0.717) is 24.9 Å². The van der Waals surface area contributed by atoms with Crippen LogP contribution in [0.2, 0.25) is 0 Å². The Kier molecular flexibility index (Phi) is 4.52. The monoisotopic (exact) mass is 325 g/mol. The third kappa shape index (κ3) is 3.57. The van der Waals surface area contributed by atoms with Crippen LogP contribution in [0, 0.1) is 10.1 Å². The quantitative estimate of drug-likeness (QED) is 0.514. The van der Waals surface area contributed by atoms with Gasteiger partial charge in [0, 0.05) is 49.9 Å². The number of benzene rings is 1. The molecule has 24 heavy (non-hydrogen) atoms. The Labute approximate surface area is 139 Å². The second-order valence-corrected chi connectivity index (χ2v) is 5.98. The van der Waals surface area contributed by atoms with Crippen LogP contribution < -0.4 is 0 Å². The highest BCUT2D eigenvalue weighted by atomic mass is 16.6. The van der Waals surface area contributed by atoms with Gasteiger partial charge in [-0.3, -0.25) is 19.4 Å². The fourth-order valence-corrected chi connectivity index (χ4v) is 2.54. The van der Waals surface area contributed by atoms with Crippen molar-refractivity contribution in [3.8, 4) is 0 Å². The van der Waals surface area contributed by atoms with E-state index in [9.17, 15) is 10.1 Å². The molecular weight excluding hydrogens is 306 g/mol. The van der Waals surface area contributed by atoms with Gasteiger partial charge in [0.15, 0.2) is 0 Å². The summed E-state index contributed by atoms with van der Waals surface area (Å²) in [6, 6.07) is 8.89. The Morgan fingerprint density at radius 1 is 1.25 bits per heavy atom. The fourth-order valence-electron chi connectivity index (χ4n) is 2.54. The molecule has 0 N–H and O–H groups in total. The number of hydrogen-bond donors (Lipinski definition) is 0. The van der Waals surface area contributed by atoms with Crippen LogP contribution in [0.5, 0.6) is 0 Å². The van der Waals surface area contributed by atoms with E-state index < -0.39 is 0 Å². The van der Waals surface area contributed by atoms with Crippen LogP contribution in [-0.4, -0.2) is 30.2 Å². The molecule has 2 heterocycles. The largest absolute Gasteiger partial charge is 0.291 e. The van der Waals surface area contributed by atoms with Gasteiger partial charge in [0.05, 0.1) is 10.6 Å². The molecule has 0 radical (unpaired) electrons. The summed E-state index contributed by atoms with van der Waals surface area (Å²) in [6.45, 7) is 5.65. The molecule has 0 aliphatic carbocycles. The zero-order chi connectivity index (χ0) is 17.1. The summed E-state index contributed by atoms with van der Waals surface area (Å²) in [4.78, 5) is 21.4. The average molecular weight is 325 g/mol. The van der Waals surface area contributed by atoms with Crippen LogP contribution in [0.4, 0.5) is 5.69 Å². The lowest BCUT2D eigenvalue weighted by atomic mass is 10.1. The van der Waals surface area contributed by atoms with E-state index in [4.69, 9.17) is 0 Å². The SMILES string of the molecule is CC(C)N(Cc1ccc([N+](=O)[O-])cc1)Cc1cn2cccnc2n1. The van der Waals surface area contributed by atoms with Crippen molar-refractivity contribution in [3.05, 3.63) is 70.3 Å². The molecule has 0 bridgehead atoms. The standard InChI is InChI=1S/C17H19N5O2/c1-13(2)21(10-14-4-6-16(7-5-14)22(23)24)12-15-11-20-9-3-8-18-17(20)19-15/h3-9,11,13H,10,12H2,1-2H3. The maximum atomic E-state index is 10.7. The molecule has 124 valence electrons. The molecule has 0 aliphatic rings. The van der Waals surface area contributed by atoms with Crippen molar-refractivity contribution in [2.24, 2.45) is 0 Å². The lowest BCUT2D eigenvalue weighted by Crippen LogP contribution is -2.30. The van der Waals surface area contributed by atoms with Crippen molar-refractivity contribution in [2.45, 2.75) is 33.0 Å². The van der Waals surface area contributed by atoms with Gasteiger partial charge < -0.3 is 0 Å². The molecule has 0 amide bonds.